The van der Waals surface area contributed by atoms with Crippen LogP contribution in [0.1, 0.15) is 27.7 Å². The van der Waals surface area contributed by atoms with Gasteiger partial charge >= 0.3 is 0 Å². The van der Waals surface area contributed by atoms with Crippen molar-refractivity contribution in [3.8, 4) is 5.69 Å². The largest absolute Gasteiger partial charge is 0.344 e. The van der Waals surface area contributed by atoms with E-state index in [0.29, 0.717) is 23.5 Å². The summed E-state index contributed by atoms with van der Waals surface area (Å²) in [7, 11) is 3.94. The van der Waals surface area contributed by atoms with Gasteiger partial charge in [-0.3, -0.25) is 4.79 Å². The number of rotatable bonds is 6. The second-order valence-electron chi connectivity index (χ2n) is 6.73. The maximum absolute atomic E-state index is 13.1. The van der Waals surface area contributed by atoms with Gasteiger partial charge in [0.2, 0.25) is 0 Å². The number of nitrogens with one attached hydrogen (secondary N) is 1. The van der Waals surface area contributed by atoms with E-state index in [0.717, 1.165) is 5.56 Å². The van der Waals surface area contributed by atoms with E-state index >= 15 is 0 Å². The van der Waals surface area contributed by atoms with E-state index in [4.69, 9.17) is 0 Å². The summed E-state index contributed by atoms with van der Waals surface area (Å²) in [5.41, 5.74) is 2.96. The van der Waals surface area contributed by atoms with Crippen molar-refractivity contribution in [3.05, 3.63) is 83.4 Å². The number of aromatic nitrogens is 2. The zero-order valence-corrected chi connectivity index (χ0v) is 15.7. The Morgan fingerprint density at radius 1 is 1.15 bits per heavy atom. The third kappa shape index (κ3) is 4.41. The molecule has 0 saturated heterocycles. The van der Waals surface area contributed by atoms with Crippen LogP contribution in [-0.2, 0) is 0 Å². The lowest BCUT2D eigenvalue weighted by molar-refractivity contribution is 0.0929. The summed E-state index contributed by atoms with van der Waals surface area (Å²) in [6.45, 7) is 2.51. The topological polar surface area (TPSA) is 50.2 Å². The van der Waals surface area contributed by atoms with Gasteiger partial charge in [-0.1, -0.05) is 30.3 Å². The van der Waals surface area contributed by atoms with Crippen LogP contribution in [0, 0.1) is 12.7 Å². The van der Waals surface area contributed by atoms with E-state index in [-0.39, 0.29) is 17.8 Å². The van der Waals surface area contributed by atoms with Crippen molar-refractivity contribution >= 4 is 5.91 Å². The second kappa shape index (κ2) is 8.14. The van der Waals surface area contributed by atoms with Gasteiger partial charge in [0.05, 0.1) is 29.2 Å². The molecule has 0 fully saturated rings. The van der Waals surface area contributed by atoms with E-state index in [1.165, 1.54) is 12.1 Å². The van der Waals surface area contributed by atoms with Crippen LogP contribution in [0.15, 0.2) is 60.8 Å². The number of carbonyl (C=O) groups excluding carboxylic acids is 1. The van der Waals surface area contributed by atoms with Gasteiger partial charge in [-0.25, -0.2) is 9.07 Å². The number of likely N-dealkylation sites (N-methyl/N-ethyl adjacent to an activating group) is 1. The van der Waals surface area contributed by atoms with Crippen molar-refractivity contribution in [3.63, 3.8) is 0 Å². The fourth-order valence-electron chi connectivity index (χ4n) is 3.00. The summed E-state index contributed by atoms with van der Waals surface area (Å²) < 4.78 is 14.8. The van der Waals surface area contributed by atoms with Crippen molar-refractivity contribution in [2.24, 2.45) is 0 Å². The van der Waals surface area contributed by atoms with Crippen LogP contribution in [0.25, 0.3) is 5.69 Å². The molecule has 140 valence electrons. The molecular weight excluding hydrogens is 343 g/mol. The van der Waals surface area contributed by atoms with E-state index in [9.17, 15) is 9.18 Å². The van der Waals surface area contributed by atoms with Crippen molar-refractivity contribution in [2.75, 3.05) is 20.6 Å². The lowest BCUT2D eigenvalue weighted by Crippen LogP contribution is -2.35. The normalized spacial score (nSPS) is 12.2. The summed E-state index contributed by atoms with van der Waals surface area (Å²) in [5.74, 6) is -0.493. The first-order valence-corrected chi connectivity index (χ1v) is 8.77. The summed E-state index contributed by atoms with van der Waals surface area (Å²) in [5, 5.41) is 7.40. The number of nitrogens with zero attached hydrogens (tertiary/aromatic N) is 3. The van der Waals surface area contributed by atoms with Gasteiger partial charge in [-0.2, -0.15) is 5.10 Å². The minimum absolute atomic E-state index is 0.137. The fraction of sp³-hybridized carbons (Fsp3) is 0.238. The molecule has 0 radical (unpaired) electrons. The molecule has 1 N–H and O–H groups in total. The highest BCUT2D eigenvalue weighted by molar-refractivity contribution is 5.95. The minimum Gasteiger partial charge on any atom is -0.344 e. The molecule has 1 heterocycles. The van der Waals surface area contributed by atoms with Crippen LogP contribution in [0.2, 0.25) is 0 Å². The Balaban J connectivity index is 1.83. The molecule has 5 nitrogen and oxygen atoms in total. The van der Waals surface area contributed by atoms with Gasteiger partial charge in [-0.05, 0) is 50.8 Å². The SMILES string of the molecule is Cc1c(C(=O)N[C@@H](CN(C)C)c2ccccc2)cnn1-c1ccc(F)cc1. The van der Waals surface area contributed by atoms with Crippen molar-refractivity contribution in [1.82, 2.24) is 20.0 Å². The first-order chi connectivity index (χ1) is 13.0. The number of hydrogen-bond acceptors (Lipinski definition) is 3. The predicted octanol–water partition coefficient (Wildman–Crippen LogP) is 3.35. The lowest BCUT2D eigenvalue weighted by atomic mass is 10.1. The molecule has 2 aromatic carbocycles. The predicted molar refractivity (Wildman–Crippen MR) is 103 cm³/mol. The van der Waals surface area contributed by atoms with Gasteiger partial charge in [0.1, 0.15) is 5.82 Å². The number of hydrogen-bond donors (Lipinski definition) is 1. The van der Waals surface area contributed by atoms with E-state index in [1.807, 2.05) is 56.3 Å². The third-order valence-corrected chi connectivity index (χ3v) is 4.38. The highest BCUT2D eigenvalue weighted by Gasteiger charge is 2.20. The van der Waals surface area contributed by atoms with E-state index < -0.39 is 0 Å². The quantitative estimate of drug-likeness (QED) is 0.728. The maximum Gasteiger partial charge on any atom is 0.255 e. The van der Waals surface area contributed by atoms with Crippen LogP contribution in [-0.4, -0.2) is 41.2 Å². The first kappa shape index (κ1) is 18.8. The molecular formula is C21H23FN4O. The Bertz CT molecular complexity index is 904. The van der Waals surface area contributed by atoms with Gasteiger partial charge in [-0.15, -0.1) is 0 Å². The van der Waals surface area contributed by atoms with E-state index in [2.05, 4.69) is 10.4 Å². The summed E-state index contributed by atoms with van der Waals surface area (Å²) in [4.78, 5) is 14.9. The molecule has 0 aliphatic carbocycles. The molecule has 0 saturated carbocycles. The first-order valence-electron chi connectivity index (χ1n) is 8.77. The summed E-state index contributed by atoms with van der Waals surface area (Å²) >= 11 is 0. The third-order valence-electron chi connectivity index (χ3n) is 4.38. The Hall–Kier alpha value is -2.99. The van der Waals surface area contributed by atoms with Gasteiger partial charge in [0, 0.05) is 6.54 Å². The average Bonchev–Trinajstić information content (AvgIpc) is 3.04. The van der Waals surface area contributed by atoms with Crippen LogP contribution in [0.3, 0.4) is 0 Å². The van der Waals surface area contributed by atoms with Gasteiger partial charge in [0.15, 0.2) is 0 Å². The molecule has 0 spiro atoms. The molecule has 0 unspecified atom stereocenters. The number of halogens is 1. The second-order valence-corrected chi connectivity index (χ2v) is 6.73. The molecule has 0 bridgehead atoms. The van der Waals surface area contributed by atoms with Crippen LogP contribution in [0.5, 0.6) is 0 Å². The Morgan fingerprint density at radius 2 is 1.81 bits per heavy atom. The maximum atomic E-state index is 13.1. The molecule has 1 amide bonds. The summed E-state index contributed by atoms with van der Waals surface area (Å²) in [6.07, 6.45) is 1.55. The zero-order chi connectivity index (χ0) is 19.4. The molecule has 1 atom stereocenters. The molecule has 6 heteroatoms. The van der Waals surface area contributed by atoms with Crippen molar-refractivity contribution in [2.45, 2.75) is 13.0 Å². The standard InChI is InChI=1S/C21H23FN4O/c1-15-19(13-23-26(15)18-11-9-17(22)10-12-18)21(27)24-20(14-25(2)3)16-7-5-4-6-8-16/h4-13,20H,14H2,1-3H3,(H,24,27)/t20-/m0/s1. The van der Waals surface area contributed by atoms with E-state index in [1.54, 1.807) is 23.0 Å². The monoisotopic (exact) mass is 366 g/mol. The smallest absolute Gasteiger partial charge is 0.255 e. The van der Waals surface area contributed by atoms with Gasteiger partial charge in [0.25, 0.3) is 5.91 Å². The van der Waals surface area contributed by atoms with Crippen LogP contribution < -0.4 is 5.32 Å². The number of amides is 1. The summed E-state index contributed by atoms with van der Waals surface area (Å²) in [6, 6.07) is 15.8. The Morgan fingerprint density at radius 3 is 2.44 bits per heavy atom. The lowest BCUT2D eigenvalue weighted by Gasteiger charge is -2.22. The van der Waals surface area contributed by atoms with Crippen LogP contribution >= 0.6 is 0 Å². The molecule has 1 aromatic heterocycles. The van der Waals surface area contributed by atoms with Crippen LogP contribution in [0.4, 0.5) is 4.39 Å². The number of carbonyl (C=O) groups is 1. The highest BCUT2D eigenvalue weighted by atomic mass is 19.1. The zero-order valence-electron chi connectivity index (χ0n) is 15.7. The number of benzene rings is 2. The van der Waals surface area contributed by atoms with Gasteiger partial charge < -0.3 is 10.2 Å². The van der Waals surface area contributed by atoms with Crippen molar-refractivity contribution in [1.29, 1.82) is 0 Å². The minimum atomic E-state index is -0.309. The molecule has 3 rings (SSSR count). The molecule has 3 aromatic rings. The Labute approximate surface area is 158 Å². The average molecular weight is 366 g/mol. The Kier molecular flexibility index (Phi) is 5.66. The highest BCUT2D eigenvalue weighted by Crippen LogP contribution is 2.18. The molecule has 0 aliphatic heterocycles. The fourth-order valence-corrected chi connectivity index (χ4v) is 3.00. The molecule has 27 heavy (non-hydrogen) atoms. The van der Waals surface area contributed by atoms with Crippen molar-refractivity contribution < 1.29 is 9.18 Å². The molecule has 0 aliphatic rings.